The Labute approximate surface area is 127 Å². The maximum atomic E-state index is 6.42. The highest BCUT2D eigenvalue weighted by molar-refractivity contribution is 9.10. The topological polar surface area (TPSA) is 38.9 Å². The number of furan rings is 1. The van der Waals surface area contributed by atoms with Gasteiger partial charge < -0.3 is 4.42 Å². The third-order valence-corrected chi connectivity index (χ3v) is 4.82. The van der Waals surface area contributed by atoms with Gasteiger partial charge in [0, 0.05) is 0 Å². The Morgan fingerprint density at radius 3 is 2.63 bits per heavy atom. The predicted octanol–water partition coefficient (Wildman–Crippen LogP) is 4.89. The van der Waals surface area contributed by atoms with E-state index in [9.17, 15) is 0 Å². The fourth-order valence-electron chi connectivity index (χ4n) is 1.66. The maximum Gasteiger partial charge on any atom is 0.179 e. The molecule has 0 spiro atoms. The van der Waals surface area contributed by atoms with E-state index in [1.165, 1.54) is 11.3 Å². The first-order chi connectivity index (χ1) is 9.25. The molecule has 0 aliphatic heterocycles. The zero-order valence-electron chi connectivity index (χ0n) is 9.59. The van der Waals surface area contributed by atoms with Crippen LogP contribution in [0, 0.1) is 0 Å². The largest absolute Gasteiger partial charge is 0.457 e. The number of rotatable bonds is 3. The van der Waals surface area contributed by atoms with E-state index in [-0.39, 0.29) is 5.38 Å². The smallest absolute Gasteiger partial charge is 0.179 e. The van der Waals surface area contributed by atoms with Gasteiger partial charge in [-0.05, 0) is 27.6 Å². The van der Waals surface area contributed by atoms with Gasteiger partial charge in [0.25, 0.3) is 0 Å². The lowest BCUT2D eigenvalue weighted by Crippen LogP contribution is -1.91. The Balaban J connectivity index is 1.92. The van der Waals surface area contributed by atoms with Crippen LogP contribution in [0.3, 0.4) is 0 Å². The normalized spacial score (nSPS) is 12.5. The molecule has 0 aliphatic carbocycles. The van der Waals surface area contributed by atoms with E-state index in [2.05, 4.69) is 26.1 Å². The average Bonchev–Trinajstić information content (AvgIpc) is 3.07. The van der Waals surface area contributed by atoms with Gasteiger partial charge in [0.1, 0.15) is 10.4 Å². The molecule has 3 nitrogen and oxygen atoms in total. The molecule has 0 amide bonds. The maximum absolute atomic E-state index is 6.42. The summed E-state index contributed by atoms with van der Waals surface area (Å²) in [6, 6.07) is 11.7. The van der Waals surface area contributed by atoms with Crippen LogP contribution in [-0.4, -0.2) is 10.2 Å². The van der Waals surface area contributed by atoms with E-state index in [4.69, 9.17) is 16.0 Å². The second-order valence-electron chi connectivity index (χ2n) is 3.83. The minimum Gasteiger partial charge on any atom is -0.457 e. The molecule has 0 aliphatic rings. The Morgan fingerprint density at radius 1 is 1.16 bits per heavy atom. The molecule has 0 N–H and O–H groups in total. The van der Waals surface area contributed by atoms with Gasteiger partial charge in [0.05, 0.1) is 11.8 Å². The van der Waals surface area contributed by atoms with Crippen LogP contribution in [0.2, 0.25) is 0 Å². The number of nitrogens with zero attached hydrogens (tertiary/aromatic N) is 2. The molecular weight excluding hydrogens is 348 g/mol. The number of benzene rings is 1. The SMILES string of the molecule is ClC(c1ccccc1)c1nnc(-c2ccoc2Br)s1. The minimum atomic E-state index is -0.280. The fraction of sp³-hybridized carbons (Fsp3) is 0.0769. The van der Waals surface area contributed by atoms with Crippen molar-refractivity contribution in [3.63, 3.8) is 0 Å². The molecular formula is C13H8BrClN2OS. The van der Waals surface area contributed by atoms with Gasteiger partial charge in [0.15, 0.2) is 9.68 Å². The third kappa shape index (κ3) is 2.59. The molecule has 96 valence electrons. The van der Waals surface area contributed by atoms with E-state index in [1.807, 2.05) is 36.4 Å². The lowest BCUT2D eigenvalue weighted by atomic mass is 10.1. The zero-order chi connectivity index (χ0) is 13.2. The summed E-state index contributed by atoms with van der Waals surface area (Å²) in [6.07, 6.45) is 1.61. The summed E-state index contributed by atoms with van der Waals surface area (Å²) in [7, 11) is 0. The van der Waals surface area contributed by atoms with Gasteiger partial charge in [-0.2, -0.15) is 0 Å². The molecule has 0 saturated carbocycles. The second kappa shape index (κ2) is 5.45. The molecule has 3 aromatic rings. The lowest BCUT2D eigenvalue weighted by molar-refractivity contribution is 0.542. The van der Waals surface area contributed by atoms with Crippen LogP contribution in [-0.2, 0) is 0 Å². The monoisotopic (exact) mass is 354 g/mol. The van der Waals surface area contributed by atoms with Crippen LogP contribution < -0.4 is 0 Å². The van der Waals surface area contributed by atoms with Crippen LogP contribution in [0.15, 0.2) is 51.7 Å². The number of alkyl halides is 1. The summed E-state index contributed by atoms with van der Waals surface area (Å²) >= 11 is 11.2. The van der Waals surface area contributed by atoms with Crippen molar-refractivity contribution in [2.24, 2.45) is 0 Å². The average molecular weight is 356 g/mol. The predicted molar refractivity (Wildman–Crippen MR) is 79.4 cm³/mol. The third-order valence-electron chi connectivity index (χ3n) is 2.60. The number of aromatic nitrogens is 2. The minimum absolute atomic E-state index is 0.280. The zero-order valence-corrected chi connectivity index (χ0v) is 12.7. The van der Waals surface area contributed by atoms with Gasteiger partial charge in [-0.1, -0.05) is 41.7 Å². The standard InChI is InChI=1S/C13H8BrClN2OS/c14-11-9(6-7-18-11)12-16-17-13(19-12)10(15)8-4-2-1-3-5-8/h1-7,10H. The Hall–Kier alpha value is -1.17. The van der Waals surface area contributed by atoms with Crippen LogP contribution in [0.4, 0.5) is 0 Å². The molecule has 19 heavy (non-hydrogen) atoms. The van der Waals surface area contributed by atoms with Crippen LogP contribution in [0.25, 0.3) is 10.6 Å². The molecule has 1 atom stereocenters. The highest BCUT2D eigenvalue weighted by atomic mass is 79.9. The van der Waals surface area contributed by atoms with E-state index >= 15 is 0 Å². The van der Waals surface area contributed by atoms with E-state index in [1.54, 1.807) is 6.26 Å². The van der Waals surface area contributed by atoms with Crippen LogP contribution >= 0.6 is 38.9 Å². The van der Waals surface area contributed by atoms with Crippen molar-refractivity contribution in [2.75, 3.05) is 0 Å². The van der Waals surface area contributed by atoms with E-state index in [0.29, 0.717) is 4.67 Å². The number of hydrogen-bond donors (Lipinski definition) is 0. The van der Waals surface area contributed by atoms with E-state index in [0.717, 1.165) is 21.1 Å². The quantitative estimate of drug-likeness (QED) is 0.628. The fourth-order valence-corrected chi connectivity index (χ4v) is 3.41. The van der Waals surface area contributed by atoms with Gasteiger partial charge in [-0.3, -0.25) is 0 Å². The molecule has 0 bridgehead atoms. The summed E-state index contributed by atoms with van der Waals surface area (Å²) < 4.78 is 5.85. The Bertz CT molecular complexity index is 683. The van der Waals surface area contributed by atoms with Crippen molar-refractivity contribution < 1.29 is 4.42 Å². The summed E-state index contributed by atoms with van der Waals surface area (Å²) in [5.74, 6) is 0. The summed E-state index contributed by atoms with van der Waals surface area (Å²) in [5, 5.41) is 9.61. The van der Waals surface area contributed by atoms with Gasteiger partial charge in [-0.15, -0.1) is 21.8 Å². The molecule has 3 rings (SSSR count). The van der Waals surface area contributed by atoms with Gasteiger partial charge in [0.2, 0.25) is 0 Å². The van der Waals surface area contributed by atoms with Crippen LogP contribution in [0.5, 0.6) is 0 Å². The molecule has 0 fully saturated rings. The van der Waals surface area contributed by atoms with Crippen LogP contribution in [0.1, 0.15) is 15.9 Å². The first-order valence-corrected chi connectivity index (χ1v) is 7.56. The number of hydrogen-bond acceptors (Lipinski definition) is 4. The van der Waals surface area contributed by atoms with Crippen molar-refractivity contribution in [3.8, 4) is 10.6 Å². The van der Waals surface area contributed by atoms with Crippen molar-refractivity contribution in [3.05, 3.63) is 57.9 Å². The summed E-state index contributed by atoms with van der Waals surface area (Å²) in [6.45, 7) is 0. The molecule has 0 radical (unpaired) electrons. The van der Waals surface area contributed by atoms with E-state index < -0.39 is 0 Å². The summed E-state index contributed by atoms with van der Waals surface area (Å²) in [4.78, 5) is 0. The van der Waals surface area contributed by atoms with Crippen molar-refractivity contribution in [1.82, 2.24) is 10.2 Å². The molecule has 2 aromatic heterocycles. The molecule has 1 aromatic carbocycles. The van der Waals surface area contributed by atoms with Crippen molar-refractivity contribution in [2.45, 2.75) is 5.38 Å². The highest BCUT2D eigenvalue weighted by Crippen LogP contribution is 2.36. The van der Waals surface area contributed by atoms with Crippen molar-refractivity contribution in [1.29, 1.82) is 0 Å². The molecule has 1 unspecified atom stereocenters. The van der Waals surface area contributed by atoms with Gasteiger partial charge >= 0.3 is 0 Å². The first kappa shape index (κ1) is 12.8. The summed E-state index contributed by atoms with van der Waals surface area (Å²) in [5.41, 5.74) is 1.90. The molecule has 0 saturated heterocycles. The first-order valence-electron chi connectivity index (χ1n) is 5.51. The second-order valence-corrected chi connectivity index (χ2v) is 5.99. The molecule has 2 heterocycles. The van der Waals surface area contributed by atoms with Gasteiger partial charge in [-0.25, -0.2) is 0 Å². The highest BCUT2D eigenvalue weighted by Gasteiger charge is 2.18. The number of halogens is 2. The Morgan fingerprint density at radius 2 is 1.95 bits per heavy atom. The van der Waals surface area contributed by atoms with Crippen molar-refractivity contribution >= 4 is 38.9 Å². The Kier molecular flexibility index (Phi) is 3.68. The molecule has 6 heteroatoms. The lowest BCUT2D eigenvalue weighted by Gasteiger charge is -2.04.